The van der Waals surface area contributed by atoms with Gasteiger partial charge in [0.25, 0.3) is 0 Å². The lowest BCUT2D eigenvalue weighted by atomic mass is 9.90. The third kappa shape index (κ3) is 2.82. The zero-order chi connectivity index (χ0) is 13.3. The van der Waals surface area contributed by atoms with Gasteiger partial charge in [-0.25, -0.2) is 13.1 Å². The molecule has 0 amide bonds. The van der Waals surface area contributed by atoms with E-state index < -0.39 is 10.0 Å². The molecule has 1 aromatic carbocycles. The van der Waals surface area contributed by atoms with E-state index in [9.17, 15) is 8.42 Å². The highest BCUT2D eigenvalue weighted by Gasteiger charge is 2.32. The van der Waals surface area contributed by atoms with Gasteiger partial charge in [0.1, 0.15) is 0 Å². The number of benzene rings is 1. The SMILES string of the molecule is COC1CC(NS(=O)(=O)c2cc(C)cc(N)c2)C1. The third-order valence-electron chi connectivity index (χ3n) is 3.13. The maximum atomic E-state index is 12.1. The quantitative estimate of drug-likeness (QED) is 0.801. The molecule has 0 radical (unpaired) electrons. The summed E-state index contributed by atoms with van der Waals surface area (Å²) >= 11 is 0. The zero-order valence-corrected chi connectivity index (χ0v) is 11.3. The lowest BCUT2D eigenvalue weighted by molar-refractivity contribution is 0.0236. The number of aryl methyl sites for hydroxylation is 1. The molecule has 1 aliphatic rings. The van der Waals surface area contributed by atoms with Gasteiger partial charge >= 0.3 is 0 Å². The van der Waals surface area contributed by atoms with Crippen molar-refractivity contribution in [1.82, 2.24) is 4.72 Å². The largest absolute Gasteiger partial charge is 0.399 e. The van der Waals surface area contributed by atoms with E-state index in [-0.39, 0.29) is 17.0 Å². The van der Waals surface area contributed by atoms with E-state index >= 15 is 0 Å². The van der Waals surface area contributed by atoms with Crippen LogP contribution in [0.4, 0.5) is 5.69 Å². The maximum absolute atomic E-state index is 12.1. The Hall–Kier alpha value is -1.11. The van der Waals surface area contributed by atoms with Gasteiger partial charge in [0.15, 0.2) is 0 Å². The highest BCUT2D eigenvalue weighted by atomic mass is 32.2. The first-order valence-electron chi connectivity index (χ1n) is 5.83. The Labute approximate surface area is 107 Å². The van der Waals surface area contributed by atoms with Gasteiger partial charge in [-0.15, -0.1) is 0 Å². The van der Waals surface area contributed by atoms with Crippen molar-refractivity contribution >= 4 is 15.7 Å². The second-order valence-electron chi connectivity index (χ2n) is 4.73. The van der Waals surface area contributed by atoms with E-state index in [1.165, 1.54) is 6.07 Å². The molecule has 1 saturated carbocycles. The molecular formula is C12H18N2O3S. The van der Waals surface area contributed by atoms with Gasteiger partial charge in [-0.05, 0) is 43.5 Å². The second kappa shape index (κ2) is 4.87. The van der Waals surface area contributed by atoms with Gasteiger partial charge in [0.2, 0.25) is 10.0 Å². The van der Waals surface area contributed by atoms with Crippen LogP contribution in [0.1, 0.15) is 18.4 Å². The lowest BCUT2D eigenvalue weighted by Crippen LogP contribution is -2.47. The van der Waals surface area contributed by atoms with E-state index in [0.29, 0.717) is 5.69 Å². The molecule has 18 heavy (non-hydrogen) atoms. The van der Waals surface area contributed by atoms with Crippen LogP contribution in [0.25, 0.3) is 0 Å². The molecule has 0 bridgehead atoms. The fourth-order valence-corrected chi connectivity index (χ4v) is 3.47. The van der Waals surface area contributed by atoms with Gasteiger partial charge in [0.05, 0.1) is 11.0 Å². The number of methoxy groups -OCH3 is 1. The minimum atomic E-state index is -3.48. The Kier molecular flexibility index (Phi) is 3.61. The first-order valence-corrected chi connectivity index (χ1v) is 7.31. The van der Waals surface area contributed by atoms with Gasteiger partial charge in [0, 0.05) is 18.8 Å². The summed E-state index contributed by atoms with van der Waals surface area (Å²) in [4.78, 5) is 0.223. The summed E-state index contributed by atoms with van der Waals surface area (Å²) in [7, 11) is -1.85. The number of nitrogen functional groups attached to an aromatic ring is 1. The van der Waals surface area contributed by atoms with Crippen LogP contribution in [0.15, 0.2) is 23.1 Å². The number of nitrogens with one attached hydrogen (secondary N) is 1. The first kappa shape index (κ1) is 13.3. The molecule has 2 rings (SSSR count). The molecule has 1 aliphatic carbocycles. The summed E-state index contributed by atoms with van der Waals surface area (Å²) in [6.07, 6.45) is 1.61. The second-order valence-corrected chi connectivity index (χ2v) is 6.44. The van der Waals surface area contributed by atoms with Crippen molar-refractivity contribution in [2.75, 3.05) is 12.8 Å². The maximum Gasteiger partial charge on any atom is 0.240 e. The van der Waals surface area contributed by atoms with Gasteiger partial charge in [-0.1, -0.05) is 0 Å². The Morgan fingerprint density at radius 1 is 1.33 bits per heavy atom. The number of nitrogens with two attached hydrogens (primary N) is 1. The van der Waals surface area contributed by atoms with Crippen LogP contribution in [-0.2, 0) is 14.8 Å². The molecule has 0 aliphatic heterocycles. The Bertz CT molecular complexity index is 516. The topological polar surface area (TPSA) is 81.4 Å². The summed E-state index contributed by atoms with van der Waals surface area (Å²) in [6.45, 7) is 1.82. The lowest BCUT2D eigenvalue weighted by Gasteiger charge is -2.34. The Morgan fingerprint density at radius 2 is 2.00 bits per heavy atom. The number of rotatable bonds is 4. The number of sulfonamides is 1. The monoisotopic (exact) mass is 270 g/mol. The minimum Gasteiger partial charge on any atom is -0.399 e. The van der Waals surface area contributed by atoms with Crippen LogP contribution in [0, 0.1) is 6.92 Å². The number of hydrogen-bond donors (Lipinski definition) is 2. The molecule has 0 atom stereocenters. The normalized spacial score (nSPS) is 23.7. The summed E-state index contributed by atoms with van der Waals surface area (Å²) in [5.41, 5.74) is 6.95. The Balaban J connectivity index is 2.11. The molecule has 5 nitrogen and oxygen atoms in total. The van der Waals surface area contributed by atoms with Gasteiger partial charge < -0.3 is 10.5 Å². The van der Waals surface area contributed by atoms with Crippen LogP contribution in [0.5, 0.6) is 0 Å². The molecule has 0 aromatic heterocycles. The third-order valence-corrected chi connectivity index (χ3v) is 4.63. The molecule has 1 aromatic rings. The van der Waals surface area contributed by atoms with E-state index in [2.05, 4.69) is 4.72 Å². The predicted octanol–water partition coefficient (Wildman–Crippen LogP) is 1.03. The molecule has 1 fully saturated rings. The molecule has 0 saturated heterocycles. The summed E-state index contributed by atoms with van der Waals surface area (Å²) < 4.78 is 32.0. The van der Waals surface area contributed by atoms with Crippen molar-refractivity contribution in [3.63, 3.8) is 0 Å². The van der Waals surface area contributed by atoms with E-state index in [1.807, 2.05) is 6.92 Å². The highest BCUT2D eigenvalue weighted by Crippen LogP contribution is 2.25. The predicted molar refractivity (Wildman–Crippen MR) is 69.7 cm³/mol. The molecule has 0 spiro atoms. The smallest absolute Gasteiger partial charge is 0.240 e. The van der Waals surface area contributed by atoms with Gasteiger partial charge in [-0.3, -0.25) is 0 Å². The van der Waals surface area contributed by atoms with Crippen molar-refractivity contribution in [3.05, 3.63) is 23.8 Å². The number of hydrogen-bond acceptors (Lipinski definition) is 4. The molecule has 0 unspecified atom stereocenters. The highest BCUT2D eigenvalue weighted by molar-refractivity contribution is 7.89. The zero-order valence-electron chi connectivity index (χ0n) is 10.5. The standard InChI is InChI=1S/C12H18N2O3S/c1-8-3-9(13)5-12(4-8)18(15,16)14-10-6-11(7-10)17-2/h3-5,10-11,14H,6-7,13H2,1-2H3. The van der Waals surface area contributed by atoms with Crippen LogP contribution in [0.2, 0.25) is 0 Å². The minimum absolute atomic E-state index is 0.0401. The van der Waals surface area contributed by atoms with Crippen molar-refractivity contribution in [2.24, 2.45) is 0 Å². The average molecular weight is 270 g/mol. The van der Waals surface area contributed by atoms with Crippen LogP contribution in [-0.4, -0.2) is 27.7 Å². The number of anilines is 1. The van der Waals surface area contributed by atoms with E-state index in [0.717, 1.165) is 18.4 Å². The molecule has 3 N–H and O–H groups in total. The van der Waals surface area contributed by atoms with Crippen molar-refractivity contribution in [2.45, 2.75) is 36.8 Å². The first-order chi connectivity index (χ1) is 8.40. The van der Waals surface area contributed by atoms with Crippen molar-refractivity contribution < 1.29 is 13.2 Å². The van der Waals surface area contributed by atoms with Crippen LogP contribution >= 0.6 is 0 Å². The molecule has 100 valence electrons. The van der Waals surface area contributed by atoms with Crippen molar-refractivity contribution in [1.29, 1.82) is 0 Å². The van der Waals surface area contributed by atoms with Crippen LogP contribution < -0.4 is 10.5 Å². The Morgan fingerprint density at radius 3 is 2.56 bits per heavy atom. The van der Waals surface area contributed by atoms with Gasteiger partial charge in [-0.2, -0.15) is 0 Å². The summed E-state index contributed by atoms with van der Waals surface area (Å²) in [5.74, 6) is 0. The van der Waals surface area contributed by atoms with Crippen molar-refractivity contribution in [3.8, 4) is 0 Å². The molecule has 6 heteroatoms. The average Bonchev–Trinajstić information content (AvgIpc) is 2.21. The number of ether oxygens (including phenoxy) is 1. The summed E-state index contributed by atoms with van der Waals surface area (Å²) in [6, 6.07) is 4.79. The fraction of sp³-hybridized carbons (Fsp3) is 0.500. The van der Waals surface area contributed by atoms with E-state index in [4.69, 9.17) is 10.5 Å². The summed E-state index contributed by atoms with van der Waals surface area (Å²) in [5, 5.41) is 0. The molecule has 0 heterocycles. The fourth-order valence-electron chi connectivity index (χ4n) is 2.07. The van der Waals surface area contributed by atoms with E-state index in [1.54, 1.807) is 19.2 Å². The molecular weight excluding hydrogens is 252 g/mol. The van der Waals surface area contributed by atoms with Crippen LogP contribution in [0.3, 0.4) is 0 Å².